The van der Waals surface area contributed by atoms with E-state index in [2.05, 4.69) is 25.3 Å². The number of fused-ring (bicyclic) bond motifs is 2. The Labute approximate surface area is 148 Å². The van der Waals surface area contributed by atoms with Gasteiger partial charge in [0.25, 0.3) is 0 Å². The largest absolute Gasteiger partial charge is 0.493 e. The predicted octanol–water partition coefficient (Wildman–Crippen LogP) is 4.81. The first-order valence-corrected chi connectivity index (χ1v) is 8.76. The third kappa shape index (κ3) is 2.80. The molecule has 4 rings (SSSR count). The molecule has 3 nitrogen and oxygen atoms in total. The summed E-state index contributed by atoms with van der Waals surface area (Å²) in [5.74, 6) is 3.69. The number of hydrogen-bond donors (Lipinski definition) is 0. The van der Waals surface area contributed by atoms with Gasteiger partial charge in [0.05, 0.1) is 13.2 Å². The summed E-state index contributed by atoms with van der Waals surface area (Å²) < 4.78 is 18.0. The molecule has 0 N–H and O–H groups in total. The van der Waals surface area contributed by atoms with E-state index in [1.54, 1.807) is 0 Å². The lowest BCUT2D eigenvalue weighted by atomic mass is 10.0. The van der Waals surface area contributed by atoms with E-state index in [1.165, 1.54) is 11.1 Å². The standard InChI is InChI=1S/C22H22O3/c1-3-5-15-7-9-19(17-11-13-23-21(15)17)25-20-10-8-16(6-4-2)22-18(20)12-14-24-22/h3-4,7-10H,1-2,5-6,11-14H2. The van der Waals surface area contributed by atoms with Gasteiger partial charge in [-0.2, -0.15) is 0 Å². The van der Waals surface area contributed by atoms with E-state index in [0.29, 0.717) is 13.2 Å². The molecule has 0 atom stereocenters. The summed E-state index contributed by atoms with van der Waals surface area (Å²) in [6.45, 7) is 9.07. The summed E-state index contributed by atoms with van der Waals surface area (Å²) in [5, 5.41) is 0. The fourth-order valence-electron chi connectivity index (χ4n) is 3.60. The zero-order valence-electron chi connectivity index (χ0n) is 14.3. The van der Waals surface area contributed by atoms with Crippen molar-refractivity contribution in [3.8, 4) is 23.0 Å². The first-order valence-electron chi connectivity index (χ1n) is 8.76. The van der Waals surface area contributed by atoms with Gasteiger partial charge in [-0.15, -0.1) is 13.2 Å². The topological polar surface area (TPSA) is 27.7 Å². The van der Waals surface area contributed by atoms with Crippen molar-refractivity contribution < 1.29 is 14.2 Å². The third-order valence-electron chi connectivity index (χ3n) is 4.74. The number of hydrogen-bond acceptors (Lipinski definition) is 3. The van der Waals surface area contributed by atoms with Crippen molar-refractivity contribution in [2.45, 2.75) is 25.7 Å². The lowest BCUT2D eigenvalue weighted by molar-refractivity contribution is 0.354. The molecule has 0 spiro atoms. The van der Waals surface area contributed by atoms with E-state index >= 15 is 0 Å². The zero-order chi connectivity index (χ0) is 17.2. The molecule has 0 amide bonds. The minimum absolute atomic E-state index is 0.708. The molecule has 2 aliphatic heterocycles. The fraction of sp³-hybridized carbons (Fsp3) is 0.273. The van der Waals surface area contributed by atoms with Crippen molar-refractivity contribution in [2.24, 2.45) is 0 Å². The van der Waals surface area contributed by atoms with Crippen LogP contribution < -0.4 is 14.2 Å². The fourth-order valence-corrected chi connectivity index (χ4v) is 3.60. The predicted molar refractivity (Wildman–Crippen MR) is 99.2 cm³/mol. The molecule has 2 heterocycles. The Hall–Kier alpha value is -2.68. The van der Waals surface area contributed by atoms with E-state index in [-0.39, 0.29) is 0 Å². The molecule has 0 aliphatic carbocycles. The zero-order valence-corrected chi connectivity index (χ0v) is 14.3. The summed E-state index contributed by atoms with van der Waals surface area (Å²) in [7, 11) is 0. The van der Waals surface area contributed by atoms with E-state index in [4.69, 9.17) is 14.2 Å². The van der Waals surface area contributed by atoms with Crippen molar-refractivity contribution in [3.63, 3.8) is 0 Å². The Morgan fingerprint density at radius 1 is 0.800 bits per heavy atom. The van der Waals surface area contributed by atoms with E-state index in [0.717, 1.165) is 59.8 Å². The molecule has 2 aliphatic rings. The van der Waals surface area contributed by atoms with Crippen LogP contribution in [0.15, 0.2) is 49.6 Å². The SMILES string of the molecule is C=CCc1ccc(Oc2ccc(CC=C)c3c2CCO3)c2c1OCC2. The summed E-state index contributed by atoms with van der Waals surface area (Å²) in [6.07, 6.45) is 7.18. The van der Waals surface area contributed by atoms with Crippen LogP contribution in [0, 0.1) is 0 Å². The first-order chi connectivity index (χ1) is 12.3. The summed E-state index contributed by atoms with van der Waals surface area (Å²) >= 11 is 0. The van der Waals surface area contributed by atoms with Gasteiger partial charge in [0.15, 0.2) is 0 Å². The monoisotopic (exact) mass is 334 g/mol. The third-order valence-corrected chi connectivity index (χ3v) is 4.74. The highest BCUT2D eigenvalue weighted by Gasteiger charge is 2.24. The molecule has 0 aromatic heterocycles. The average Bonchev–Trinajstić information content (AvgIpc) is 3.29. The van der Waals surface area contributed by atoms with Gasteiger partial charge in [-0.3, -0.25) is 0 Å². The molecule has 2 aromatic rings. The normalized spacial score (nSPS) is 14.2. The van der Waals surface area contributed by atoms with E-state index < -0.39 is 0 Å². The van der Waals surface area contributed by atoms with Gasteiger partial charge in [-0.25, -0.2) is 0 Å². The number of allylic oxidation sites excluding steroid dienone is 2. The summed E-state index contributed by atoms with van der Waals surface area (Å²) in [4.78, 5) is 0. The van der Waals surface area contributed by atoms with Gasteiger partial charge < -0.3 is 14.2 Å². The molecule has 128 valence electrons. The molecular formula is C22H22O3. The number of benzene rings is 2. The van der Waals surface area contributed by atoms with Crippen molar-refractivity contribution in [1.82, 2.24) is 0 Å². The lowest BCUT2D eigenvalue weighted by Gasteiger charge is -2.15. The Morgan fingerprint density at radius 2 is 1.28 bits per heavy atom. The Kier molecular flexibility index (Phi) is 4.22. The molecular weight excluding hydrogens is 312 g/mol. The number of rotatable bonds is 6. The maximum atomic E-state index is 6.32. The summed E-state index contributed by atoms with van der Waals surface area (Å²) in [6, 6.07) is 8.24. The van der Waals surface area contributed by atoms with Crippen LogP contribution in [-0.4, -0.2) is 13.2 Å². The highest BCUT2D eigenvalue weighted by Crippen LogP contribution is 2.43. The van der Waals surface area contributed by atoms with Gasteiger partial charge in [-0.1, -0.05) is 24.3 Å². The van der Waals surface area contributed by atoms with Gasteiger partial charge in [0.2, 0.25) is 0 Å². The van der Waals surface area contributed by atoms with Crippen LogP contribution in [0.3, 0.4) is 0 Å². The van der Waals surface area contributed by atoms with Gasteiger partial charge >= 0.3 is 0 Å². The lowest BCUT2D eigenvalue weighted by Crippen LogP contribution is -1.96. The van der Waals surface area contributed by atoms with Gasteiger partial charge in [-0.05, 0) is 36.1 Å². The molecule has 0 saturated heterocycles. The number of ether oxygens (including phenoxy) is 3. The molecule has 0 unspecified atom stereocenters. The minimum Gasteiger partial charge on any atom is -0.493 e. The second-order valence-electron chi connectivity index (χ2n) is 6.35. The molecule has 3 heteroatoms. The van der Waals surface area contributed by atoms with Crippen molar-refractivity contribution in [2.75, 3.05) is 13.2 Å². The van der Waals surface area contributed by atoms with Crippen LogP contribution in [0.25, 0.3) is 0 Å². The molecule has 0 bridgehead atoms. The quantitative estimate of drug-likeness (QED) is 0.710. The van der Waals surface area contributed by atoms with Crippen LogP contribution in [0.5, 0.6) is 23.0 Å². The first kappa shape index (κ1) is 15.8. The van der Waals surface area contributed by atoms with Gasteiger partial charge in [0, 0.05) is 24.0 Å². The van der Waals surface area contributed by atoms with E-state index in [9.17, 15) is 0 Å². The van der Waals surface area contributed by atoms with Crippen LogP contribution in [0.4, 0.5) is 0 Å². The van der Waals surface area contributed by atoms with E-state index in [1.807, 2.05) is 24.3 Å². The smallest absolute Gasteiger partial charge is 0.134 e. The van der Waals surface area contributed by atoms with Crippen molar-refractivity contribution >= 4 is 0 Å². The van der Waals surface area contributed by atoms with Crippen LogP contribution >= 0.6 is 0 Å². The van der Waals surface area contributed by atoms with Crippen molar-refractivity contribution in [1.29, 1.82) is 0 Å². The maximum absolute atomic E-state index is 6.32. The molecule has 0 fully saturated rings. The Balaban J connectivity index is 1.70. The maximum Gasteiger partial charge on any atom is 0.134 e. The summed E-state index contributed by atoms with van der Waals surface area (Å²) in [5.41, 5.74) is 4.65. The van der Waals surface area contributed by atoms with Gasteiger partial charge in [0.1, 0.15) is 23.0 Å². The minimum atomic E-state index is 0.708. The Morgan fingerprint density at radius 3 is 1.72 bits per heavy atom. The second-order valence-corrected chi connectivity index (χ2v) is 6.35. The van der Waals surface area contributed by atoms with Crippen LogP contribution in [0.1, 0.15) is 22.3 Å². The van der Waals surface area contributed by atoms with Crippen LogP contribution in [-0.2, 0) is 25.7 Å². The average molecular weight is 334 g/mol. The molecule has 2 aromatic carbocycles. The highest BCUT2D eigenvalue weighted by molar-refractivity contribution is 5.57. The molecule has 0 radical (unpaired) electrons. The van der Waals surface area contributed by atoms with Crippen LogP contribution in [0.2, 0.25) is 0 Å². The Bertz CT molecular complexity index is 766. The molecule has 0 saturated carbocycles. The van der Waals surface area contributed by atoms with Crippen molar-refractivity contribution in [3.05, 3.63) is 71.8 Å². The molecule has 25 heavy (non-hydrogen) atoms. The second kappa shape index (κ2) is 6.67. The highest BCUT2D eigenvalue weighted by atomic mass is 16.5.